The van der Waals surface area contributed by atoms with E-state index in [4.69, 9.17) is 9.47 Å². The first kappa shape index (κ1) is 14.5. The van der Waals surface area contributed by atoms with Crippen molar-refractivity contribution in [1.82, 2.24) is 0 Å². The molecule has 1 unspecified atom stereocenters. The Labute approximate surface area is 114 Å². The molecule has 1 heterocycles. The second kappa shape index (κ2) is 6.04. The average molecular weight is 268 g/mol. The number of esters is 1. The van der Waals surface area contributed by atoms with E-state index < -0.39 is 5.41 Å². The fourth-order valence-corrected chi connectivity index (χ4v) is 3.40. The largest absolute Gasteiger partial charge is 0.465 e. The van der Waals surface area contributed by atoms with Crippen LogP contribution in [0.3, 0.4) is 0 Å². The van der Waals surface area contributed by atoms with Crippen molar-refractivity contribution < 1.29 is 19.1 Å². The molecule has 4 nitrogen and oxygen atoms in total. The molecule has 2 fully saturated rings. The molecule has 0 N–H and O–H groups in total. The van der Waals surface area contributed by atoms with Crippen LogP contribution >= 0.6 is 0 Å². The average Bonchev–Trinajstić information content (AvgIpc) is 2.41. The van der Waals surface area contributed by atoms with Crippen LogP contribution in [-0.4, -0.2) is 31.6 Å². The van der Waals surface area contributed by atoms with Crippen molar-refractivity contribution in [2.45, 2.75) is 46.0 Å². The van der Waals surface area contributed by atoms with Gasteiger partial charge in [-0.3, -0.25) is 9.59 Å². The highest BCUT2D eigenvalue weighted by atomic mass is 16.5. The lowest BCUT2D eigenvalue weighted by Crippen LogP contribution is -2.53. The third-order valence-electron chi connectivity index (χ3n) is 4.65. The summed E-state index contributed by atoms with van der Waals surface area (Å²) in [6.45, 7) is 4.97. The molecule has 1 atom stereocenters. The standard InChI is InChI=1S/C15H24O4/c1-3-19-14(17)15(10-18-9-8-13(15)16)12-6-4-11(2)5-7-12/h11-12H,3-10H2,1-2H3. The molecule has 0 aromatic carbocycles. The zero-order chi connectivity index (χ0) is 13.9. The van der Waals surface area contributed by atoms with E-state index in [1.165, 1.54) is 0 Å². The third-order valence-corrected chi connectivity index (χ3v) is 4.65. The van der Waals surface area contributed by atoms with Crippen molar-refractivity contribution in [2.24, 2.45) is 17.3 Å². The molecule has 4 heteroatoms. The van der Waals surface area contributed by atoms with Gasteiger partial charge in [-0.25, -0.2) is 0 Å². The summed E-state index contributed by atoms with van der Waals surface area (Å²) in [4.78, 5) is 24.8. The third kappa shape index (κ3) is 2.69. The second-order valence-electron chi connectivity index (χ2n) is 5.87. The van der Waals surface area contributed by atoms with E-state index in [0.717, 1.165) is 25.7 Å². The van der Waals surface area contributed by atoms with Crippen molar-refractivity contribution in [1.29, 1.82) is 0 Å². The van der Waals surface area contributed by atoms with E-state index in [0.29, 0.717) is 25.6 Å². The maximum atomic E-state index is 12.4. The molecule has 2 rings (SSSR count). The lowest BCUT2D eigenvalue weighted by atomic mass is 9.64. The van der Waals surface area contributed by atoms with Gasteiger partial charge in [0.15, 0.2) is 11.2 Å². The van der Waals surface area contributed by atoms with E-state index >= 15 is 0 Å². The Morgan fingerprint density at radius 2 is 2.05 bits per heavy atom. The number of carbonyl (C=O) groups is 2. The Morgan fingerprint density at radius 1 is 1.37 bits per heavy atom. The van der Waals surface area contributed by atoms with E-state index in [2.05, 4.69) is 6.92 Å². The number of ether oxygens (including phenoxy) is 2. The molecule has 0 aromatic heterocycles. The van der Waals surface area contributed by atoms with Crippen LogP contribution in [0.25, 0.3) is 0 Å². The molecule has 0 amide bonds. The van der Waals surface area contributed by atoms with Gasteiger partial charge in [-0.1, -0.05) is 19.8 Å². The van der Waals surface area contributed by atoms with Gasteiger partial charge in [0, 0.05) is 6.42 Å². The van der Waals surface area contributed by atoms with Crippen LogP contribution < -0.4 is 0 Å². The Bertz CT molecular complexity index is 344. The van der Waals surface area contributed by atoms with Crippen LogP contribution in [0, 0.1) is 17.3 Å². The van der Waals surface area contributed by atoms with Crippen molar-refractivity contribution in [2.75, 3.05) is 19.8 Å². The summed E-state index contributed by atoms with van der Waals surface area (Å²) in [6, 6.07) is 0. The molecule has 0 aromatic rings. The molecule has 2 aliphatic rings. The number of carbonyl (C=O) groups excluding carboxylic acids is 2. The van der Waals surface area contributed by atoms with E-state index in [1.54, 1.807) is 6.92 Å². The Kier molecular flexibility index (Phi) is 4.61. The Morgan fingerprint density at radius 3 is 2.63 bits per heavy atom. The number of ketones is 1. The molecule has 1 aliphatic heterocycles. The number of hydrogen-bond acceptors (Lipinski definition) is 4. The minimum Gasteiger partial charge on any atom is -0.465 e. The van der Waals surface area contributed by atoms with Crippen LogP contribution in [-0.2, 0) is 19.1 Å². The summed E-state index contributed by atoms with van der Waals surface area (Å²) in [5.74, 6) is 0.446. The Hall–Kier alpha value is -0.900. The summed E-state index contributed by atoms with van der Waals surface area (Å²) in [5.41, 5.74) is -1.02. The molecule has 0 spiro atoms. The van der Waals surface area contributed by atoms with Crippen molar-refractivity contribution >= 4 is 11.8 Å². The quantitative estimate of drug-likeness (QED) is 0.582. The van der Waals surface area contributed by atoms with Crippen molar-refractivity contribution in [3.8, 4) is 0 Å². The van der Waals surface area contributed by atoms with Gasteiger partial charge in [0.1, 0.15) is 0 Å². The van der Waals surface area contributed by atoms with Gasteiger partial charge < -0.3 is 9.47 Å². The molecule has 1 aliphatic carbocycles. The molecule has 0 radical (unpaired) electrons. The van der Waals surface area contributed by atoms with Gasteiger partial charge in [-0.15, -0.1) is 0 Å². The molecule has 1 saturated carbocycles. The summed E-state index contributed by atoms with van der Waals surface area (Å²) < 4.78 is 10.7. The zero-order valence-electron chi connectivity index (χ0n) is 11.9. The lowest BCUT2D eigenvalue weighted by molar-refractivity contribution is -0.176. The van der Waals surface area contributed by atoms with Gasteiger partial charge in [-0.2, -0.15) is 0 Å². The number of hydrogen-bond donors (Lipinski definition) is 0. The smallest absolute Gasteiger partial charge is 0.322 e. The fourth-order valence-electron chi connectivity index (χ4n) is 3.40. The fraction of sp³-hybridized carbons (Fsp3) is 0.867. The normalized spacial score (nSPS) is 36.0. The highest BCUT2D eigenvalue weighted by Crippen LogP contribution is 2.44. The van der Waals surface area contributed by atoms with Gasteiger partial charge in [0.05, 0.1) is 19.8 Å². The van der Waals surface area contributed by atoms with Crippen LogP contribution in [0.4, 0.5) is 0 Å². The zero-order valence-corrected chi connectivity index (χ0v) is 11.9. The summed E-state index contributed by atoms with van der Waals surface area (Å²) >= 11 is 0. The lowest BCUT2D eigenvalue weighted by Gasteiger charge is -2.42. The van der Waals surface area contributed by atoms with E-state index in [1.807, 2.05) is 0 Å². The molecule has 19 heavy (non-hydrogen) atoms. The first-order valence-electron chi connectivity index (χ1n) is 7.39. The van der Waals surface area contributed by atoms with Gasteiger partial charge in [-0.05, 0) is 31.6 Å². The summed E-state index contributed by atoms with van der Waals surface area (Å²) in [5, 5.41) is 0. The minimum atomic E-state index is -1.02. The van der Waals surface area contributed by atoms with Crippen LogP contribution in [0.15, 0.2) is 0 Å². The summed E-state index contributed by atoms with van der Waals surface area (Å²) in [6.07, 6.45) is 4.35. The molecule has 108 valence electrons. The minimum absolute atomic E-state index is 0.0248. The maximum Gasteiger partial charge on any atom is 0.322 e. The first-order valence-corrected chi connectivity index (χ1v) is 7.39. The molecular formula is C15H24O4. The predicted molar refractivity (Wildman–Crippen MR) is 70.6 cm³/mol. The Balaban J connectivity index is 2.23. The maximum absolute atomic E-state index is 12.4. The molecular weight excluding hydrogens is 244 g/mol. The number of Topliss-reactive ketones (excluding diaryl/α,β-unsaturated/α-hetero) is 1. The van der Waals surface area contributed by atoms with Crippen LogP contribution in [0.2, 0.25) is 0 Å². The van der Waals surface area contributed by atoms with Crippen LogP contribution in [0.5, 0.6) is 0 Å². The van der Waals surface area contributed by atoms with Crippen LogP contribution in [0.1, 0.15) is 46.0 Å². The van der Waals surface area contributed by atoms with Crippen molar-refractivity contribution in [3.05, 3.63) is 0 Å². The topological polar surface area (TPSA) is 52.6 Å². The number of rotatable bonds is 3. The van der Waals surface area contributed by atoms with Crippen molar-refractivity contribution in [3.63, 3.8) is 0 Å². The van der Waals surface area contributed by atoms with E-state index in [-0.39, 0.29) is 24.3 Å². The molecule has 1 saturated heterocycles. The highest BCUT2D eigenvalue weighted by molar-refractivity contribution is 6.04. The highest BCUT2D eigenvalue weighted by Gasteiger charge is 2.54. The van der Waals surface area contributed by atoms with Gasteiger partial charge in [0.2, 0.25) is 0 Å². The van der Waals surface area contributed by atoms with E-state index in [9.17, 15) is 9.59 Å². The second-order valence-corrected chi connectivity index (χ2v) is 5.87. The monoisotopic (exact) mass is 268 g/mol. The van der Waals surface area contributed by atoms with Gasteiger partial charge >= 0.3 is 5.97 Å². The molecule has 0 bridgehead atoms. The first-order chi connectivity index (χ1) is 9.11. The summed E-state index contributed by atoms with van der Waals surface area (Å²) in [7, 11) is 0. The SMILES string of the molecule is CCOC(=O)C1(C2CCC(C)CC2)COCCC1=O. The van der Waals surface area contributed by atoms with Gasteiger partial charge in [0.25, 0.3) is 0 Å². The predicted octanol–water partition coefficient (Wildman–Crippen LogP) is 2.35.